The average molecular weight is 423 g/mol. The molecule has 0 amide bonds. The number of carbonyl (C=O) groups is 2. The molecule has 9 heteroatoms. The average Bonchev–Trinajstić information content (AvgIpc) is 3.13. The van der Waals surface area contributed by atoms with Crippen molar-refractivity contribution in [3.05, 3.63) is 52.0 Å². The van der Waals surface area contributed by atoms with E-state index in [4.69, 9.17) is 9.15 Å². The van der Waals surface area contributed by atoms with Crippen LogP contribution in [0.1, 0.15) is 45.0 Å². The molecule has 2 rings (SSSR count). The standard InChI is InChI=1S/C20H25NO7S/c1-12-10-13(2)15(4)19(14(12)3)29(24,25)21-9-8-18(22)27-11-16-6-7-17(28-16)20(23)26-5/h6-7,10,21H,8-9,11H2,1-5H3. The van der Waals surface area contributed by atoms with Crippen LogP contribution in [0.3, 0.4) is 0 Å². The number of carbonyl (C=O) groups excluding carboxylic acids is 2. The molecule has 0 aliphatic carbocycles. The summed E-state index contributed by atoms with van der Waals surface area (Å²) in [7, 11) is -2.54. The van der Waals surface area contributed by atoms with Crippen molar-refractivity contribution in [2.45, 2.75) is 45.6 Å². The van der Waals surface area contributed by atoms with E-state index in [-0.39, 0.29) is 36.0 Å². The van der Waals surface area contributed by atoms with Crippen molar-refractivity contribution in [3.8, 4) is 0 Å². The minimum atomic E-state index is -3.77. The molecule has 0 aliphatic rings. The molecular formula is C20H25NO7S. The SMILES string of the molecule is COC(=O)c1ccc(COC(=O)CCNS(=O)(=O)c2c(C)c(C)cc(C)c2C)o1. The number of sulfonamides is 1. The van der Waals surface area contributed by atoms with Crippen LogP contribution in [0.2, 0.25) is 0 Å². The van der Waals surface area contributed by atoms with Crippen LogP contribution in [-0.2, 0) is 30.9 Å². The fraction of sp³-hybridized carbons (Fsp3) is 0.400. The zero-order valence-electron chi connectivity index (χ0n) is 17.1. The minimum Gasteiger partial charge on any atom is -0.463 e. The van der Waals surface area contributed by atoms with Crippen molar-refractivity contribution >= 4 is 22.0 Å². The highest BCUT2D eigenvalue weighted by atomic mass is 32.2. The zero-order valence-corrected chi connectivity index (χ0v) is 17.9. The van der Waals surface area contributed by atoms with Crippen LogP contribution >= 0.6 is 0 Å². The molecule has 1 aromatic carbocycles. The van der Waals surface area contributed by atoms with E-state index in [0.717, 1.165) is 11.1 Å². The number of esters is 2. The van der Waals surface area contributed by atoms with E-state index in [9.17, 15) is 18.0 Å². The lowest BCUT2D eigenvalue weighted by Crippen LogP contribution is -2.28. The van der Waals surface area contributed by atoms with Crippen LogP contribution in [0.25, 0.3) is 0 Å². The number of hydrogen-bond donors (Lipinski definition) is 1. The predicted molar refractivity (Wildman–Crippen MR) is 105 cm³/mol. The maximum atomic E-state index is 12.7. The Bertz CT molecular complexity index is 995. The second-order valence-corrected chi connectivity index (χ2v) is 8.36. The fourth-order valence-corrected chi connectivity index (χ4v) is 4.48. The lowest BCUT2D eigenvalue weighted by molar-refractivity contribution is -0.145. The lowest BCUT2D eigenvalue weighted by atomic mass is 10.0. The summed E-state index contributed by atoms with van der Waals surface area (Å²) in [6, 6.07) is 4.85. The quantitative estimate of drug-likeness (QED) is 0.650. The molecule has 2 aromatic rings. The van der Waals surface area contributed by atoms with Crippen molar-refractivity contribution in [2.24, 2.45) is 0 Å². The molecule has 1 N–H and O–H groups in total. The third kappa shape index (κ3) is 5.45. The van der Waals surface area contributed by atoms with E-state index in [1.54, 1.807) is 13.8 Å². The maximum Gasteiger partial charge on any atom is 0.373 e. The van der Waals surface area contributed by atoms with Crippen molar-refractivity contribution in [2.75, 3.05) is 13.7 Å². The molecule has 0 spiro atoms. The van der Waals surface area contributed by atoms with Gasteiger partial charge in [-0.25, -0.2) is 17.9 Å². The van der Waals surface area contributed by atoms with E-state index in [0.29, 0.717) is 11.1 Å². The summed E-state index contributed by atoms with van der Waals surface area (Å²) < 4.78 is 42.6. The van der Waals surface area contributed by atoms with Crippen LogP contribution in [-0.4, -0.2) is 34.0 Å². The first-order chi connectivity index (χ1) is 13.6. The summed E-state index contributed by atoms with van der Waals surface area (Å²) in [6.07, 6.45) is -0.146. The highest BCUT2D eigenvalue weighted by Gasteiger charge is 2.22. The van der Waals surface area contributed by atoms with Crippen molar-refractivity contribution in [1.29, 1.82) is 0 Å². The molecule has 1 heterocycles. The summed E-state index contributed by atoms with van der Waals surface area (Å²) in [5.74, 6) is -0.946. The highest BCUT2D eigenvalue weighted by Crippen LogP contribution is 2.25. The number of aryl methyl sites for hydroxylation is 2. The van der Waals surface area contributed by atoms with Crippen molar-refractivity contribution in [1.82, 2.24) is 4.72 Å². The zero-order chi connectivity index (χ0) is 21.8. The minimum absolute atomic E-state index is 0.00509. The Hall–Kier alpha value is -2.65. The van der Waals surface area contributed by atoms with Gasteiger partial charge in [-0.2, -0.15) is 0 Å². The fourth-order valence-electron chi connectivity index (χ4n) is 2.83. The Labute approximate surface area is 170 Å². The maximum absolute atomic E-state index is 12.7. The van der Waals surface area contributed by atoms with Crippen LogP contribution in [0.5, 0.6) is 0 Å². The van der Waals surface area contributed by atoms with Gasteiger partial charge in [0.25, 0.3) is 0 Å². The van der Waals surface area contributed by atoms with E-state index in [2.05, 4.69) is 9.46 Å². The van der Waals surface area contributed by atoms with Crippen LogP contribution in [0.4, 0.5) is 0 Å². The molecule has 158 valence electrons. The van der Waals surface area contributed by atoms with Gasteiger partial charge in [0.2, 0.25) is 15.8 Å². The monoisotopic (exact) mass is 423 g/mol. The van der Waals surface area contributed by atoms with Gasteiger partial charge in [-0.1, -0.05) is 6.07 Å². The van der Waals surface area contributed by atoms with Crippen LogP contribution in [0.15, 0.2) is 27.5 Å². The molecule has 0 saturated heterocycles. The van der Waals surface area contributed by atoms with E-state index >= 15 is 0 Å². The lowest BCUT2D eigenvalue weighted by Gasteiger charge is -2.16. The number of rotatable bonds is 8. The molecule has 0 aliphatic heterocycles. The molecular weight excluding hydrogens is 398 g/mol. The van der Waals surface area contributed by atoms with Crippen molar-refractivity contribution in [3.63, 3.8) is 0 Å². The number of nitrogens with one attached hydrogen (secondary N) is 1. The molecule has 0 saturated carbocycles. The highest BCUT2D eigenvalue weighted by molar-refractivity contribution is 7.89. The van der Waals surface area contributed by atoms with E-state index in [1.165, 1.54) is 19.2 Å². The largest absolute Gasteiger partial charge is 0.463 e. The number of ether oxygens (including phenoxy) is 2. The smallest absolute Gasteiger partial charge is 0.373 e. The van der Waals surface area contributed by atoms with Gasteiger partial charge in [0.15, 0.2) is 0 Å². The first-order valence-corrected chi connectivity index (χ1v) is 10.4. The Morgan fingerprint density at radius 2 is 1.69 bits per heavy atom. The Morgan fingerprint density at radius 3 is 2.28 bits per heavy atom. The normalized spacial score (nSPS) is 11.3. The van der Waals surface area contributed by atoms with Crippen molar-refractivity contribution < 1.29 is 31.9 Å². The molecule has 8 nitrogen and oxygen atoms in total. The summed E-state index contributed by atoms with van der Waals surface area (Å²) in [5.41, 5.74) is 3.14. The molecule has 0 fully saturated rings. The first-order valence-electron chi connectivity index (χ1n) is 8.96. The van der Waals surface area contributed by atoms with Crippen LogP contribution < -0.4 is 4.72 Å². The summed E-state index contributed by atoms with van der Waals surface area (Å²) in [6.45, 7) is 6.97. The number of benzene rings is 1. The third-order valence-corrected chi connectivity index (χ3v) is 6.34. The van der Waals surface area contributed by atoms with Gasteiger partial charge in [-0.05, 0) is 62.1 Å². The van der Waals surface area contributed by atoms with Gasteiger partial charge < -0.3 is 13.9 Å². The molecule has 0 bridgehead atoms. The second-order valence-electron chi connectivity index (χ2n) is 6.66. The molecule has 29 heavy (non-hydrogen) atoms. The Balaban J connectivity index is 1.92. The third-order valence-electron chi connectivity index (χ3n) is 4.61. The van der Waals surface area contributed by atoms with Gasteiger partial charge in [-0.3, -0.25) is 4.79 Å². The molecule has 1 aromatic heterocycles. The summed E-state index contributed by atoms with van der Waals surface area (Å²) in [4.78, 5) is 23.5. The molecule has 0 atom stereocenters. The Morgan fingerprint density at radius 1 is 1.07 bits per heavy atom. The van der Waals surface area contributed by atoms with Gasteiger partial charge in [0.1, 0.15) is 12.4 Å². The topological polar surface area (TPSA) is 112 Å². The number of furan rings is 1. The Kier molecular flexibility index (Phi) is 7.21. The van der Waals surface area contributed by atoms with Gasteiger partial charge in [0, 0.05) is 6.54 Å². The predicted octanol–water partition coefficient (Wildman–Crippen LogP) is 2.71. The van der Waals surface area contributed by atoms with E-state index in [1.807, 2.05) is 19.9 Å². The second kappa shape index (κ2) is 9.23. The van der Waals surface area contributed by atoms with Gasteiger partial charge in [0.05, 0.1) is 18.4 Å². The van der Waals surface area contributed by atoms with Gasteiger partial charge >= 0.3 is 11.9 Å². The molecule has 0 radical (unpaired) electrons. The van der Waals surface area contributed by atoms with Gasteiger partial charge in [-0.15, -0.1) is 0 Å². The summed E-state index contributed by atoms with van der Waals surface area (Å²) in [5, 5.41) is 0. The first kappa shape index (κ1) is 22.6. The van der Waals surface area contributed by atoms with Crippen LogP contribution in [0, 0.1) is 27.7 Å². The van der Waals surface area contributed by atoms with E-state index < -0.39 is 22.0 Å². The summed E-state index contributed by atoms with van der Waals surface area (Å²) >= 11 is 0. The molecule has 0 unspecified atom stereocenters. The number of methoxy groups -OCH3 is 1. The number of hydrogen-bond acceptors (Lipinski definition) is 7.